The van der Waals surface area contributed by atoms with Gasteiger partial charge in [-0.2, -0.15) is 0 Å². The van der Waals surface area contributed by atoms with Gasteiger partial charge in [0.15, 0.2) is 0 Å². The number of carbonyl (C=O) groups is 3. The minimum Gasteiger partial charge on any atom is -0.378 e. The molecule has 230 valence electrons. The normalized spacial score (nSPS) is 11.0. The van der Waals surface area contributed by atoms with Gasteiger partial charge in [-0.25, -0.2) is 4.39 Å². The van der Waals surface area contributed by atoms with Crippen molar-refractivity contribution in [1.82, 2.24) is 4.98 Å². The number of benzene rings is 5. The molecule has 0 fully saturated rings. The third kappa shape index (κ3) is 5.64. The van der Waals surface area contributed by atoms with Crippen LogP contribution in [0.4, 0.5) is 21.5 Å². The standard InChI is InChI=1S/C36H31FN6O3/c1-43(2)24-13-8-21(9-14-24)35(45)40-23-12-15-27-31(18-23)41-33-28(34(39)44)17-16-26(32(27)33)25-4-3-5-30(29(25)19-38)42-36(46)20-6-10-22(37)11-7-20/h3-18,41H,19,38H2,1-2H3,(H2,39,44)(H,40,45)(H,42,46). The van der Waals surface area contributed by atoms with Crippen molar-refractivity contribution in [3.05, 3.63) is 125 Å². The number of primary amides is 1. The summed E-state index contributed by atoms with van der Waals surface area (Å²) in [7, 11) is 3.86. The summed E-state index contributed by atoms with van der Waals surface area (Å²) in [5.41, 5.74) is 18.6. The molecule has 9 nitrogen and oxygen atoms in total. The SMILES string of the molecule is CN(C)c1ccc(C(=O)Nc2ccc3c(c2)[nH]c2c(C(N)=O)ccc(-c4cccc(NC(=O)c5ccc(F)cc5)c4CN)c23)cc1. The molecule has 0 atom stereocenters. The number of nitrogens with two attached hydrogens (primary N) is 2. The third-order valence-electron chi connectivity index (χ3n) is 7.95. The lowest BCUT2D eigenvalue weighted by molar-refractivity contribution is 0.0997. The quantitative estimate of drug-likeness (QED) is 0.137. The fourth-order valence-electron chi connectivity index (χ4n) is 5.61. The molecule has 0 radical (unpaired) electrons. The molecule has 0 spiro atoms. The molecule has 7 N–H and O–H groups in total. The smallest absolute Gasteiger partial charge is 0.255 e. The summed E-state index contributed by atoms with van der Waals surface area (Å²) in [6.07, 6.45) is 0. The van der Waals surface area contributed by atoms with Crippen molar-refractivity contribution in [2.24, 2.45) is 11.5 Å². The number of aromatic amines is 1. The van der Waals surface area contributed by atoms with Crippen LogP contribution in [0.1, 0.15) is 36.6 Å². The van der Waals surface area contributed by atoms with Crippen molar-refractivity contribution in [3.8, 4) is 11.1 Å². The second kappa shape index (κ2) is 12.2. The van der Waals surface area contributed by atoms with Crippen LogP contribution < -0.4 is 27.0 Å². The van der Waals surface area contributed by atoms with Crippen LogP contribution in [0.2, 0.25) is 0 Å². The largest absolute Gasteiger partial charge is 0.378 e. The lowest BCUT2D eigenvalue weighted by Crippen LogP contribution is -2.15. The highest BCUT2D eigenvalue weighted by atomic mass is 19.1. The highest BCUT2D eigenvalue weighted by Crippen LogP contribution is 2.40. The number of hydrogen-bond donors (Lipinski definition) is 5. The van der Waals surface area contributed by atoms with E-state index >= 15 is 0 Å². The lowest BCUT2D eigenvalue weighted by Gasteiger charge is -2.16. The summed E-state index contributed by atoms with van der Waals surface area (Å²) in [5.74, 6) is -1.70. The number of nitrogens with one attached hydrogen (secondary N) is 3. The van der Waals surface area contributed by atoms with Gasteiger partial charge in [0.05, 0.1) is 11.1 Å². The number of nitrogens with zero attached hydrogens (tertiary/aromatic N) is 1. The van der Waals surface area contributed by atoms with Crippen LogP contribution in [0.15, 0.2) is 97.1 Å². The molecule has 1 aromatic heterocycles. The Bertz CT molecular complexity index is 2140. The van der Waals surface area contributed by atoms with E-state index in [-0.39, 0.29) is 12.5 Å². The Morgan fingerprint density at radius 1 is 0.804 bits per heavy atom. The predicted molar refractivity (Wildman–Crippen MR) is 181 cm³/mol. The number of aromatic nitrogens is 1. The van der Waals surface area contributed by atoms with Gasteiger partial charge in [0.25, 0.3) is 17.7 Å². The maximum absolute atomic E-state index is 13.4. The number of amides is 3. The van der Waals surface area contributed by atoms with Crippen molar-refractivity contribution in [3.63, 3.8) is 0 Å². The van der Waals surface area contributed by atoms with Crippen LogP contribution >= 0.6 is 0 Å². The molecule has 0 saturated carbocycles. The first kappa shape index (κ1) is 30.0. The molecule has 0 saturated heterocycles. The van der Waals surface area contributed by atoms with Crippen molar-refractivity contribution in [2.45, 2.75) is 6.54 Å². The number of rotatable bonds is 8. The van der Waals surface area contributed by atoms with Gasteiger partial charge in [-0.3, -0.25) is 14.4 Å². The topological polar surface area (TPSA) is 146 Å². The van der Waals surface area contributed by atoms with Crippen LogP contribution in [-0.2, 0) is 6.54 Å². The van der Waals surface area contributed by atoms with E-state index in [4.69, 9.17) is 11.5 Å². The molecular formula is C36H31FN6O3. The Kier molecular flexibility index (Phi) is 7.95. The van der Waals surface area contributed by atoms with Crippen LogP contribution in [0.25, 0.3) is 32.9 Å². The molecule has 0 bridgehead atoms. The van der Waals surface area contributed by atoms with Gasteiger partial charge < -0.3 is 32.0 Å². The summed E-state index contributed by atoms with van der Waals surface area (Å²) >= 11 is 0. The minimum absolute atomic E-state index is 0.0995. The van der Waals surface area contributed by atoms with Crippen LogP contribution in [-0.4, -0.2) is 36.8 Å². The van der Waals surface area contributed by atoms with E-state index in [1.54, 1.807) is 42.5 Å². The summed E-state index contributed by atoms with van der Waals surface area (Å²) in [5, 5.41) is 7.38. The fraction of sp³-hybridized carbons (Fsp3) is 0.0833. The van der Waals surface area contributed by atoms with Crippen LogP contribution in [0.5, 0.6) is 0 Å². The highest BCUT2D eigenvalue weighted by molar-refractivity contribution is 6.21. The Labute approximate surface area is 264 Å². The molecule has 5 aromatic carbocycles. The first-order chi connectivity index (χ1) is 22.1. The van der Waals surface area contributed by atoms with E-state index in [1.165, 1.54) is 24.3 Å². The summed E-state index contributed by atoms with van der Waals surface area (Å²) in [6.45, 7) is 0.0995. The summed E-state index contributed by atoms with van der Waals surface area (Å²) in [4.78, 5) is 43.8. The first-order valence-corrected chi connectivity index (χ1v) is 14.5. The van der Waals surface area contributed by atoms with E-state index in [2.05, 4.69) is 15.6 Å². The van der Waals surface area contributed by atoms with Crippen LogP contribution in [0, 0.1) is 5.82 Å². The zero-order valence-electron chi connectivity index (χ0n) is 25.1. The third-order valence-corrected chi connectivity index (χ3v) is 7.95. The monoisotopic (exact) mass is 614 g/mol. The van der Waals surface area contributed by atoms with E-state index in [0.29, 0.717) is 44.7 Å². The molecule has 0 aliphatic heterocycles. The van der Waals surface area contributed by atoms with Gasteiger partial charge in [-0.15, -0.1) is 0 Å². The number of hydrogen-bond acceptors (Lipinski definition) is 5. The van der Waals surface area contributed by atoms with Gasteiger partial charge in [0.2, 0.25) is 0 Å². The van der Waals surface area contributed by atoms with Crippen molar-refractivity contribution >= 4 is 56.6 Å². The van der Waals surface area contributed by atoms with Crippen LogP contribution in [0.3, 0.4) is 0 Å². The number of H-pyrrole nitrogens is 1. The zero-order valence-corrected chi connectivity index (χ0v) is 25.1. The predicted octanol–water partition coefficient (Wildman–Crippen LogP) is 6.26. The fourth-order valence-corrected chi connectivity index (χ4v) is 5.61. The molecular weight excluding hydrogens is 583 g/mol. The molecule has 6 rings (SSSR count). The van der Waals surface area contributed by atoms with Crippen molar-refractivity contribution < 1.29 is 18.8 Å². The zero-order chi connectivity index (χ0) is 32.5. The average Bonchev–Trinajstić information content (AvgIpc) is 3.43. The van der Waals surface area contributed by atoms with Gasteiger partial charge in [0, 0.05) is 65.1 Å². The highest BCUT2D eigenvalue weighted by Gasteiger charge is 2.20. The van der Waals surface area contributed by atoms with Gasteiger partial charge in [0.1, 0.15) is 5.82 Å². The second-order valence-corrected chi connectivity index (χ2v) is 11.1. The minimum atomic E-state index is -0.600. The first-order valence-electron chi connectivity index (χ1n) is 14.5. The van der Waals surface area contributed by atoms with E-state index in [9.17, 15) is 18.8 Å². The van der Waals surface area contributed by atoms with E-state index < -0.39 is 17.6 Å². The molecule has 6 aromatic rings. The Morgan fingerprint density at radius 2 is 1.48 bits per heavy atom. The molecule has 0 unspecified atom stereocenters. The number of fused-ring (bicyclic) bond motifs is 3. The van der Waals surface area contributed by atoms with Gasteiger partial charge in [-0.1, -0.05) is 24.3 Å². The van der Waals surface area contributed by atoms with Crippen molar-refractivity contribution in [1.29, 1.82) is 0 Å². The van der Waals surface area contributed by atoms with Gasteiger partial charge in [-0.05, 0) is 89.5 Å². The second-order valence-electron chi connectivity index (χ2n) is 11.1. The molecule has 0 aliphatic carbocycles. The Hall–Kier alpha value is -6.00. The molecule has 3 amide bonds. The number of carbonyl (C=O) groups excluding carboxylic acids is 3. The molecule has 10 heteroatoms. The number of halogens is 1. The molecule has 46 heavy (non-hydrogen) atoms. The van der Waals surface area contributed by atoms with Gasteiger partial charge >= 0.3 is 0 Å². The maximum Gasteiger partial charge on any atom is 0.255 e. The molecule has 0 aliphatic rings. The average molecular weight is 615 g/mol. The Balaban J connectivity index is 1.41. The van der Waals surface area contributed by atoms with Crippen molar-refractivity contribution in [2.75, 3.05) is 29.6 Å². The van der Waals surface area contributed by atoms with E-state index in [0.717, 1.165) is 27.6 Å². The molecule has 1 heterocycles. The summed E-state index contributed by atoms with van der Waals surface area (Å²) < 4.78 is 13.4. The Morgan fingerprint density at radius 3 is 2.13 bits per heavy atom. The summed E-state index contributed by atoms with van der Waals surface area (Å²) in [6, 6.07) is 26.9. The van der Waals surface area contributed by atoms with E-state index in [1.807, 2.05) is 49.3 Å². The maximum atomic E-state index is 13.4. The number of anilines is 3. The lowest BCUT2D eigenvalue weighted by atomic mass is 9.92.